The monoisotopic (exact) mass is 378 g/mol. The van der Waals surface area contributed by atoms with Crippen molar-refractivity contribution in [2.45, 2.75) is 25.8 Å². The Morgan fingerprint density at radius 2 is 2.12 bits per heavy atom. The Balaban J connectivity index is 1.73. The van der Waals surface area contributed by atoms with Gasteiger partial charge in [-0.15, -0.1) is 11.3 Å². The molecule has 4 nitrogen and oxygen atoms in total. The smallest absolute Gasteiger partial charge is 0.262 e. The maximum absolute atomic E-state index is 12.8. The van der Waals surface area contributed by atoms with E-state index in [0.29, 0.717) is 16.0 Å². The van der Waals surface area contributed by atoms with E-state index >= 15 is 0 Å². The van der Waals surface area contributed by atoms with Gasteiger partial charge in [-0.2, -0.15) is 0 Å². The Morgan fingerprint density at radius 1 is 1.29 bits per heavy atom. The lowest BCUT2D eigenvalue weighted by Gasteiger charge is -2.07. The number of rotatable bonds is 3. The zero-order chi connectivity index (χ0) is 16.8. The molecule has 0 unspecified atom stereocenters. The molecule has 0 amide bonds. The molecule has 122 valence electrons. The summed E-state index contributed by atoms with van der Waals surface area (Å²) in [6, 6.07) is 4.70. The van der Waals surface area contributed by atoms with Crippen molar-refractivity contribution in [3.63, 3.8) is 0 Å². The Kier molecular flexibility index (Phi) is 3.95. The average molecular weight is 379 g/mol. The SMILES string of the molecule is O=C(Cn1cnc2sc3c(c2c1=O)CCC3)c1ccc(Cl)cc1Cl. The predicted molar refractivity (Wildman–Crippen MR) is 96.7 cm³/mol. The van der Waals surface area contributed by atoms with Gasteiger partial charge >= 0.3 is 0 Å². The van der Waals surface area contributed by atoms with Crippen LogP contribution in [-0.4, -0.2) is 15.3 Å². The summed E-state index contributed by atoms with van der Waals surface area (Å²) in [5.74, 6) is -0.244. The maximum atomic E-state index is 12.8. The van der Waals surface area contributed by atoms with Gasteiger partial charge in [-0.05, 0) is 43.0 Å². The van der Waals surface area contributed by atoms with Gasteiger partial charge < -0.3 is 0 Å². The van der Waals surface area contributed by atoms with Crippen molar-refractivity contribution in [2.75, 3.05) is 0 Å². The van der Waals surface area contributed by atoms with Crippen LogP contribution >= 0.6 is 34.5 Å². The molecular formula is C17H12Cl2N2O2S. The van der Waals surface area contributed by atoms with Gasteiger partial charge in [-0.1, -0.05) is 23.2 Å². The average Bonchev–Trinajstić information content (AvgIpc) is 3.10. The molecule has 1 aliphatic carbocycles. The molecule has 0 N–H and O–H groups in total. The van der Waals surface area contributed by atoms with E-state index in [-0.39, 0.29) is 22.9 Å². The number of halogens is 2. The fraction of sp³-hybridized carbons (Fsp3) is 0.235. The summed E-state index contributed by atoms with van der Waals surface area (Å²) in [5.41, 5.74) is 1.31. The number of aryl methyl sites for hydroxylation is 2. The van der Waals surface area contributed by atoms with Crippen molar-refractivity contribution in [2.24, 2.45) is 0 Å². The Bertz CT molecular complexity index is 1040. The number of ketones is 1. The Labute approximate surface area is 151 Å². The molecule has 7 heteroatoms. The minimum atomic E-state index is -0.244. The second-order valence-corrected chi connectivity index (χ2v) is 7.69. The minimum absolute atomic E-state index is 0.0895. The van der Waals surface area contributed by atoms with Crippen LogP contribution in [0.4, 0.5) is 0 Å². The Hall–Kier alpha value is -1.69. The Morgan fingerprint density at radius 3 is 2.92 bits per heavy atom. The number of thiophene rings is 1. The first-order chi connectivity index (χ1) is 11.5. The molecule has 0 radical (unpaired) electrons. The van der Waals surface area contributed by atoms with Crippen molar-refractivity contribution in [1.82, 2.24) is 9.55 Å². The van der Waals surface area contributed by atoms with E-state index < -0.39 is 0 Å². The third-order valence-electron chi connectivity index (χ3n) is 4.24. The second kappa shape index (κ2) is 5.99. The van der Waals surface area contributed by atoms with E-state index in [4.69, 9.17) is 23.2 Å². The van der Waals surface area contributed by atoms with Crippen molar-refractivity contribution in [3.8, 4) is 0 Å². The third kappa shape index (κ3) is 2.57. The normalized spacial score (nSPS) is 13.4. The fourth-order valence-electron chi connectivity index (χ4n) is 3.09. The van der Waals surface area contributed by atoms with E-state index in [1.807, 2.05) is 0 Å². The van der Waals surface area contributed by atoms with Crippen LogP contribution < -0.4 is 5.56 Å². The molecule has 0 atom stereocenters. The topological polar surface area (TPSA) is 52.0 Å². The van der Waals surface area contributed by atoms with Crippen LogP contribution in [-0.2, 0) is 19.4 Å². The summed E-state index contributed by atoms with van der Waals surface area (Å²) >= 11 is 13.5. The van der Waals surface area contributed by atoms with E-state index in [2.05, 4.69) is 4.98 Å². The van der Waals surface area contributed by atoms with Crippen LogP contribution in [0.5, 0.6) is 0 Å². The number of benzene rings is 1. The van der Waals surface area contributed by atoms with Crippen molar-refractivity contribution >= 4 is 50.5 Å². The highest BCUT2D eigenvalue weighted by Crippen LogP contribution is 2.34. The molecule has 2 heterocycles. The van der Waals surface area contributed by atoms with E-state index in [1.54, 1.807) is 23.5 Å². The largest absolute Gasteiger partial charge is 0.292 e. The summed E-state index contributed by atoms with van der Waals surface area (Å²) in [5, 5.41) is 1.42. The fourth-order valence-corrected chi connectivity index (χ4v) is 4.82. The minimum Gasteiger partial charge on any atom is -0.292 e. The number of hydrogen-bond acceptors (Lipinski definition) is 4. The number of nitrogens with zero attached hydrogens (tertiary/aromatic N) is 2. The van der Waals surface area contributed by atoms with Crippen LogP contribution in [0.1, 0.15) is 27.2 Å². The van der Waals surface area contributed by atoms with Crippen LogP contribution in [0.3, 0.4) is 0 Å². The van der Waals surface area contributed by atoms with Crippen LogP contribution in [0.25, 0.3) is 10.2 Å². The first-order valence-electron chi connectivity index (χ1n) is 7.52. The summed E-state index contributed by atoms with van der Waals surface area (Å²) < 4.78 is 1.36. The highest BCUT2D eigenvalue weighted by molar-refractivity contribution is 7.18. The summed E-state index contributed by atoms with van der Waals surface area (Å²) in [6.07, 6.45) is 4.44. The van der Waals surface area contributed by atoms with E-state index in [1.165, 1.54) is 21.8 Å². The van der Waals surface area contributed by atoms with E-state index in [9.17, 15) is 9.59 Å². The quantitative estimate of drug-likeness (QED) is 0.643. The predicted octanol–water partition coefficient (Wildman–Crippen LogP) is 4.14. The number of fused-ring (bicyclic) bond motifs is 3. The van der Waals surface area contributed by atoms with Gasteiger partial charge in [0.05, 0.1) is 23.3 Å². The van der Waals surface area contributed by atoms with Crippen LogP contribution in [0.2, 0.25) is 10.0 Å². The molecule has 0 aliphatic heterocycles. The number of aromatic nitrogens is 2. The van der Waals surface area contributed by atoms with Crippen LogP contribution in [0.15, 0.2) is 29.3 Å². The highest BCUT2D eigenvalue weighted by Gasteiger charge is 2.22. The van der Waals surface area contributed by atoms with Gasteiger partial charge in [0.1, 0.15) is 4.83 Å². The summed E-state index contributed by atoms with van der Waals surface area (Å²) in [6.45, 7) is -0.0895. The first kappa shape index (κ1) is 15.8. The number of Topliss-reactive ketones (excluding diaryl/α,β-unsaturated/α-hetero) is 1. The van der Waals surface area contributed by atoms with Crippen molar-refractivity contribution in [1.29, 1.82) is 0 Å². The third-order valence-corrected chi connectivity index (χ3v) is 5.98. The molecule has 1 aliphatic rings. The van der Waals surface area contributed by atoms with Gasteiger partial charge in [-0.3, -0.25) is 14.2 Å². The molecule has 3 aromatic rings. The van der Waals surface area contributed by atoms with Gasteiger partial charge in [0, 0.05) is 15.5 Å². The molecule has 0 saturated carbocycles. The molecule has 0 spiro atoms. The lowest BCUT2D eigenvalue weighted by Crippen LogP contribution is -2.25. The highest BCUT2D eigenvalue weighted by atomic mass is 35.5. The summed E-state index contributed by atoms with van der Waals surface area (Å²) in [4.78, 5) is 31.6. The second-order valence-electron chi connectivity index (χ2n) is 5.76. The standard InChI is InChI=1S/C17H12Cl2N2O2S/c18-9-4-5-10(12(19)6-9)13(22)7-21-8-20-16-15(17(21)23)11-2-1-3-14(11)24-16/h4-6,8H,1-3,7H2. The molecule has 24 heavy (non-hydrogen) atoms. The first-order valence-corrected chi connectivity index (χ1v) is 9.10. The molecular weight excluding hydrogens is 367 g/mol. The van der Waals surface area contributed by atoms with Crippen LogP contribution in [0, 0.1) is 0 Å². The molecule has 4 rings (SSSR count). The van der Waals surface area contributed by atoms with Gasteiger partial charge in [0.25, 0.3) is 5.56 Å². The maximum Gasteiger partial charge on any atom is 0.262 e. The van der Waals surface area contributed by atoms with Gasteiger partial charge in [0.15, 0.2) is 5.78 Å². The molecule has 0 fully saturated rings. The summed E-state index contributed by atoms with van der Waals surface area (Å²) in [7, 11) is 0. The van der Waals surface area contributed by atoms with Gasteiger partial charge in [0.2, 0.25) is 0 Å². The van der Waals surface area contributed by atoms with Crippen molar-refractivity contribution < 1.29 is 4.79 Å². The zero-order valence-corrected chi connectivity index (χ0v) is 14.8. The number of carbonyl (C=O) groups excluding carboxylic acids is 1. The van der Waals surface area contributed by atoms with E-state index in [0.717, 1.165) is 29.7 Å². The molecule has 1 aromatic carbocycles. The van der Waals surface area contributed by atoms with Gasteiger partial charge in [-0.25, -0.2) is 4.98 Å². The zero-order valence-electron chi connectivity index (χ0n) is 12.5. The number of hydrogen-bond donors (Lipinski definition) is 0. The molecule has 0 saturated heterocycles. The molecule has 0 bridgehead atoms. The van der Waals surface area contributed by atoms with Crippen molar-refractivity contribution in [3.05, 3.63) is 60.9 Å². The lowest BCUT2D eigenvalue weighted by molar-refractivity contribution is 0.0971. The number of carbonyl (C=O) groups is 1. The molecule has 2 aromatic heterocycles. The lowest BCUT2D eigenvalue weighted by atomic mass is 10.1.